The Labute approximate surface area is 119 Å². The summed E-state index contributed by atoms with van der Waals surface area (Å²) in [6.45, 7) is 2.65. The quantitative estimate of drug-likeness (QED) is 0.938. The second-order valence-electron chi connectivity index (χ2n) is 5.74. The fourth-order valence-electron chi connectivity index (χ4n) is 2.77. The van der Waals surface area contributed by atoms with Gasteiger partial charge in [0.15, 0.2) is 9.84 Å². The summed E-state index contributed by atoms with van der Waals surface area (Å²) in [5, 5.41) is 4.53. The van der Waals surface area contributed by atoms with Crippen molar-refractivity contribution in [1.29, 1.82) is 0 Å². The van der Waals surface area contributed by atoms with E-state index in [4.69, 9.17) is 0 Å². The number of nitrogens with one attached hydrogen (secondary N) is 1. The summed E-state index contributed by atoms with van der Waals surface area (Å²) in [5.41, 5.74) is 1.81. The number of nitrogens with zero attached hydrogens (tertiary/aromatic N) is 1. The van der Waals surface area contributed by atoms with E-state index in [2.05, 4.69) is 10.3 Å². The van der Waals surface area contributed by atoms with Crippen LogP contribution in [0.3, 0.4) is 0 Å². The lowest BCUT2D eigenvalue weighted by Gasteiger charge is -2.24. The zero-order valence-corrected chi connectivity index (χ0v) is 12.3. The Balaban J connectivity index is 1.81. The third kappa shape index (κ3) is 2.69. The summed E-state index contributed by atoms with van der Waals surface area (Å²) < 4.78 is 23.2. The van der Waals surface area contributed by atoms with Crippen molar-refractivity contribution in [3.05, 3.63) is 42.1 Å². The second kappa shape index (κ2) is 4.82. The maximum atomic E-state index is 11.6. The Hall–Kier alpha value is -1.46. The average molecular weight is 290 g/mol. The predicted molar refractivity (Wildman–Crippen MR) is 80.3 cm³/mol. The van der Waals surface area contributed by atoms with Crippen LogP contribution >= 0.6 is 0 Å². The number of rotatable bonds is 3. The molecule has 1 saturated heterocycles. The summed E-state index contributed by atoms with van der Waals surface area (Å²) in [4.78, 5) is 4.34. The van der Waals surface area contributed by atoms with Gasteiger partial charge >= 0.3 is 0 Å². The van der Waals surface area contributed by atoms with Crippen molar-refractivity contribution in [1.82, 2.24) is 10.3 Å². The van der Waals surface area contributed by atoms with E-state index in [1.54, 1.807) is 6.20 Å². The molecule has 106 valence electrons. The zero-order chi connectivity index (χ0) is 14.2. The summed E-state index contributed by atoms with van der Waals surface area (Å²) in [5.74, 6) is 0.511. The highest BCUT2D eigenvalue weighted by Crippen LogP contribution is 2.24. The molecule has 0 bridgehead atoms. The SMILES string of the molecule is CC1(NCc2ccnc3ccccc23)CCS(=O)(=O)C1. The number of hydrogen-bond acceptors (Lipinski definition) is 4. The Bertz CT molecular complexity index is 737. The minimum absolute atomic E-state index is 0.225. The highest BCUT2D eigenvalue weighted by molar-refractivity contribution is 7.91. The molecule has 2 aromatic rings. The van der Waals surface area contributed by atoms with Gasteiger partial charge in [0, 0.05) is 23.7 Å². The number of sulfone groups is 1. The molecule has 0 radical (unpaired) electrons. The minimum atomic E-state index is -2.88. The molecule has 20 heavy (non-hydrogen) atoms. The number of para-hydroxylation sites is 1. The molecule has 1 fully saturated rings. The molecular formula is C15H18N2O2S. The van der Waals surface area contributed by atoms with Crippen LogP contribution in [0.15, 0.2) is 36.5 Å². The molecule has 1 aromatic carbocycles. The van der Waals surface area contributed by atoms with Crippen LogP contribution in [0.1, 0.15) is 18.9 Å². The van der Waals surface area contributed by atoms with Crippen molar-refractivity contribution in [2.75, 3.05) is 11.5 Å². The molecule has 1 N–H and O–H groups in total. The number of benzene rings is 1. The Kier molecular flexibility index (Phi) is 3.26. The Morgan fingerprint density at radius 2 is 2.10 bits per heavy atom. The molecule has 1 aliphatic heterocycles. The van der Waals surface area contributed by atoms with Gasteiger partial charge in [0.2, 0.25) is 0 Å². The van der Waals surface area contributed by atoms with Crippen LogP contribution in [-0.4, -0.2) is 30.4 Å². The van der Waals surface area contributed by atoms with Crippen molar-refractivity contribution in [3.63, 3.8) is 0 Å². The van der Waals surface area contributed by atoms with Crippen LogP contribution < -0.4 is 5.32 Å². The van der Waals surface area contributed by atoms with Gasteiger partial charge in [0.25, 0.3) is 0 Å². The third-order valence-corrected chi connectivity index (χ3v) is 5.85. The molecule has 0 spiro atoms. The predicted octanol–water partition coefficient (Wildman–Crippen LogP) is 1.90. The van der Waals surface area contributed by atoms with Gasteiger partial charge in [-0.3, -0.25) is 4.98 Å². The lowest BCUT2D eigenvalue weighted by atomic mass is 10.0. The van der Waals surface area contributed by atoms with E-state index < -0.39 is 9.84 Å². The zero-order valence-electron chi connectivity index (χ0n) is 11.5. The van der Waals surface area contributed by atoms with Gasteiger partial charge in [-0.05, 0) is 31.0 Å². The van der Waals surface area contributed by atoms with E-state index in [9.17, 15) is 8.42 Å². The maximum absolute atomic E-state index is 11.6. The maximum Gasteiger partial charge on any atom is 0.152 e. The molecule has 1 aromatic heterocycles. The minimum Gasteiger partial charge on any atom is -0.306 e. The van der Waals surface area contributed by atoms with E-state index in [0.29, 0.717) is 13.0 Å². The van der Waals surface area contributed by atoms with Crippen LogP contribution in [0, 0.1) is 0 Å². The van der Waals surface area contributed by atoms with E-state index in [0.717, 1.165) is 16.5 Å². The molecule has 5 heteroatoms. The third-order valence-electron chi connectivity index (χ3n) is 3.95. The molecule has 1 unspecified atom stereocenters. The Morgan fingerprint density at radius 3 is 2.85 bits per heavy atom. The largest absolute Gasteiger partial charge is 0.306 e. The van der Waals surface area contributed by atoms with Crippen molar-refractivity contribution in [2.24, 2.45) is 0 Å². The Morgan fingerprint density at radius 1 is 1.30 bits per heavy atom. The van der Waals surface area contributed by atoms with Gasteiger partial charge in [-0.2, -0.15) is 0 Å². The van der Waals surface area contributed by atoms with Crippen molar-refractivity contribution < 1.29 is 8.42 Å². The molecule has 0 saturated carbocycles. The lowest BCUT2D eigenvalue weighted by Crippen LogP contribution is -2.42. The first-order valence-electron chi connectivity index (χ1n) is 6.76. The van der Waals surface area contributed by atoms with E-state index in [1.165, 1.54) is 0 Å². The first-order chi connectivity index (χ1) is 9.48. The topological polar surface area (TPSA) is 59.1 Å². The van der Waals surface area contributed by atoms with Gasteiger partial charge in [0.1, 0.15) is 0 Å². The van der Waals surface area contributed by atoms with Crippen molar-refractivity contribution in [3.8, 4) is 0 Å². The number of aromatic nitrogens is 1. The van der Waals surface area contributed by atoms with Crippen molar-refractivity contribution in [2.45, 2.75) is 25.4 Å². The van der Waals surface area contributed by atoms with Crippen LogP contribution in [0.2, 0.25) is 0 Å². The highest BCUT2D eigenvalue weighted by atomic mass is 32.2. The first-order valence-corrected chi connectivity index (χ1v) is 8.58. The molecule has 2 heterocycles. The van der Waals surface area contributed by atoms with Gasteiger partial charge < -0.3 is 5.32 Å². The summed E-state index contributed by atoms with van der Waals surface area (Å²) >= 11 is 0. The average Bonchev–Trinajstić information content (AvgIpc) is 2.71. The molecule has 4 nitrogen and oxygen atoms in total. The van der Waals surface area contributed by atoms with Gasteiger partial charge in [-0.25, -0.2) is 8.42 Å². The molecular weight excluding hydrogens is 272 g/mol. The van der Waals surface area contributed by atoms with Gasteiger partial charge in [0.05, 0.1) is 17.0 Å². The summed E-state index contributed by atoms with van der Waals surface area (Å²) in [6, 6.07) is 9.99. The monoisotopic (exact) mass is 290 g/mol. The standard InChI is InChI=1S/C15H18N2O2S/c1-15(7-9-20(18,19)11-15)17-10-12-6-8-16-14-5-3-2-4-13(12)14/h2-6,8,17H,7,9-11H2,1H3. The molecule has 0 aliphatic carbocycles. The van der Waals surface area contributed by atoms with E-state index in [1.807, 2.05) is 37.3 Å². The molecule has 1 aliphatic rings. The highest BCUT2D eigenvalue weighted by Gasteiger charge is 2.37. The number of hydrogen-bond donors (Lipinski definition) is 1. The van der Waals surface area contributed by atoms with Crippen LogP contribution in [0.4, 0.5) is 0 Å². The molecule has 3 rings (SSSR count). The lowest BCUT2D eigenvalue weighted by molar-refractivity contribution is 0.396. The number of pyridine rings is 1. The molecule has 0 amide bonds. The van der Waals surface area contributed by atoms with Crippen LogP contribution in [0.5, 0.6) is 0 Å². The smallest absolute Gasteiger partial charge is 0.152 e. The normalized spacial score (nSPS) is 25.1. The molecule has 1 atom stereocenters. The van der Waals surface area contributed by atoms with Crippen LogP contribution in [-0.2, 0) is 16.4 Å². The van der Waals surface area contributed by atoms with Crippen LogP contribution in [0.25, 0.3) is 10.9 Å². The van der Waals surface area contributed by atoms with E-state index >= 15 is 0 Å². The second-order valence-corrected chi connectivity index (χ2v) is 7.93. The van der Waals surface area contributed by atoms with Gasteiger partial charge in [-0.1, -0.05) is 18.2 Å². The van der Waals surface area contributed by atoms with Crippen molar-refractivity contribution >= 4 is 20.7 Å². The number of fused-ring (bicyclic) bond motifs is 1. The van der Waals surface area contributed by atoms with E-state index in [-0.39, 0.29) is 17.0 Å². The fraction of sp³-hybridized carbons (Fsp3) is 0.400. The fourth-order valence-corrected chi connectivity index (χ4v) is 4.89. The van der Waals surface area contributed by atoms with Gasteiger partial charge in [-0.15, -0.1) is 0 Å². The first kappa shape index (κ1) is 13.5. The summed E-state index contributed by atoms with van der Waals surface area (Å²) in [7, 11) is -2.88. The summed E-state index contributed by atoms with van der Waals surface area (Å²) in [6.07, 6.45) is 2.48.